The Morgan fingerprint density at radius 1 is 1.83 bits per heavy atom. The molecule has 0 atom stereocenters. The minimum atomic E-state index is -0.324. The lowest BCUT2D eigenvalue weighted by atomic mass is 10.7. The number of nitrogens with one attached hydrogen (secondary N) is 1. The fourth-order valence-electron chi connectivity index (χ4n) is 0.185. The largest absolute Gasteiger partial charge is 0.306 e. The number of rotatable bonds is 0. The first-order valence-electron chi connectivity index (χ1n) is 1.40. The minimum Gasteiger partial charge on any atom is -0.306 e. The van der Waals surface area contributed by atoms with Gasteiger partial charge < -0.3 is 5.32 Å². The van der Waals surface area contributed by atoms with Gasteiger partial charge in [-0.15, -0.1) is 0 Å². The monoisotopic (exact) mass is 81.0 g/mol. The van der Waals surface area contributed by atoms with Crippen molar-refractivity contribution in [3.05, 3.63) is 6.54 Å². The normalized spacial score (nSPS) is 18.3. The molecule has 1 amide bonds. The molecule has 1 aliphatic heterocycles. The predicted octanol–water partition coefficient (Wildman–Crippen LogP) is -0.940. The third kappa shape index (κ3) is 0.381. The van der Waals surface area contributed by atoms with E-state index in [1.54, 1.807) is 0 Å². The van der Waals surface area contributed by atoms with Crippen molar-refractivity contribution >= 4 is 12.2 Å². The van der Waals surface area contributed by atoms with Gasteiger partial charge in [-0.05, 0) is 0 Å². The third-order valence-corrected chi connectivity index (χ3v) is 0.383. The van der Waals surface area contributed by atoms with E-state index >= 15 is 0 Å². The summed E-state index contributed by atoms with van der Waals surface area (Å²) in [6, 6.07) is 0. The van der Waals surface area contributed by atoms with Gasteiger partial charge in [-0.3, -0.25) is 4.79 Å². The second-order valence-corrected chi connectivity index (χ2v) is 0.790. The van der Waals surface area contributed by atoms with Gasteiger partial charge in [-0.25, -0.2) is 4.99 Å². The van der Waals surface area contributed by atoms with Crippen LogP contribution in [-0.2, 0) is 4.79 Å². The zero-order valence-corrected chi connectivity index (χ0v) is 2.86. The second kappa shape index (κ2) is 1.08. The average Bonchev–Trinajstić information content (AvgIpc) is 1.86. The van der Waals surface area contributed by atoms with Crippen LogP contribution in [0.15, 0.2) is 4.99 Å². The number of carbonyl (C=O) groups excluding carboxylic acids is 1. The van der Waals surface area contributed by atoms with Crippen LogP contribution in [0, 0.1) is 6.54 Å². The lowest BCUT2D eigenvalue weighted by Gasteiger charge is -1.73. The van der Waals surface area contributed by atoms with Crippen molar-refractivity contribution in [2.24, 2.45) is 4.99 Å². The molecule has 0 unspecified atom stereocenters. The molecule has 1 heterocycles. The summed E-state index contributed by atoms with van der Waals surface area (Å²) in [7, 11) is 0. The topological polar surface area (TPSA) is 41.5 Å². The lowest BCUT2D eigenvalue weighted by molar-refractivity contribution is -0.115. The smallest absolute Gasteiger partial charge is 0.260 e. The van der Waals surface area contributed by atoms with Crippen LogP contribution in [0.5, 0.6) is 0 Å². The molecular weight excluding hydrogens is 80.0 g/mol. The fourth-order valence-corrected chi connectivity index (χ4v) is 0.185. The molecular formula is C3HN2O. The summed E-state index contributed by atoms with van der Waals surface area (Å²) in [6.45, 7) is 2.08. The van der Waals surface area contributed by atoms with E-state index in [2.05, 4.69) is 23.2 Å². The molecule has 0 saturated carbocycles. The summed E-state index contributed by atoms with van der Waals surface area (Å²) >= 11 is 0. The van der Waals surface area contributed by atoms with Crippen molar-refractivity contribution < 1.29 is 4.79 Å². The Balaban J connectivity index is 2.52. The maximum absolute atomic E-state index is 9.86. The Morgan fingerprint density at radius 2 is 2.67 bits per heavy atom. The zero-order valence-electron chi connectivity index (χ0n) is 2.86. The van der Waals surface area contributed by atoms with Gasteiger partial charge in [-0.1, -0.05) is 0 Å². The van der Waals surface area contributed by atoms with Crippen LogP contribution in [0.3, 0.4) is 0 Å². The van der Waals surface area contributed by atoms with Crippen LogP contribution in [-0.4, -0.2) is 12.2 Å². The summed E-state index contributed by atoms with van der Waals surface area (Å²) in [5.74, 6) is -0.324. The average molecular weight is 81.1 g/mol. The first-order valence-corrected chi connectivity index (χ1v) is 1.40. The maximum Gasteiger partial charge on any atom is 0.260 e. The van der Waals surface area contributed by atoms with Crippen molar-refractivity contribution in [3.8, 4) is 0 Å². The SMILES string of the molecule is O=C1[C]N=[C]N1. The van der Waals surface area contributed by atoms with Gasteiger partial charge in [0, 0.05) is 0 Å². The predicted molar refractivity (Wildman–Crippen MR) is 18.8 cm³/mol. The fraction of sp³-hybridized carbons (Fsp3) is 0. The standard InChI is InChI=1S/C3HN2O/c6-3-1-4-2-5-3/h(H,4,5,6). The van der Waals surface area contributed by atoms with Crippen LogP contribution >= 0.6 is 0 Å². The van der Waals surface area contributed by atoms with Gasteiger partial charge in [0.25, 0.3) is 5.91 Å². The van der Waals surface area contributed by atoms with Gasteiger partial charge in [0.2, 0.25) is 6.54 Å². The summed E-state index contributed by atoms with van der Waals surface area (Å²) in [5, 5.41) is 2.15. The second-order valence-electron chi connectivity index (χ2n) is 0.790. The molecule has 0 bridgehead atoms. The van der Waals surface area contributed by atoms with Gasteiger partial charge >= 0.3 is 0 Å². The van der Waals surface area contributed by atoms with E-state index in [-0.39, 0.29) is 5.91 Å². The van der Waals surface area contributed by atoms with Crippen molar-refractivity contribution in [1.82, 2.24) is 5.32 Å². The number of nitrogens with zero attached hydrogens (tertiary/aromatic N) is 1. The van der Waals surface area contributed by atoms with E-state index in [1.165, 1.54) is 0 Å². The van der Waals surface area contributed by atoms with E-state index < -0.39 is 0 Å². The van der Waals surface area contributed by atoms with E-state index in [1.807, 2.05) is 0 Å². The van der Waals surface area contributed by atoms with Gasteiger partial charge in [0.1, 0.15) is 0 Å². The molecule has 0 saturated heterocycles. The Bertz CT molecular complexity index is 87.0. The molecule has 29 valence electrons. The summed E-state index contributed by atoms with van der Waals surface area (Å²) in [5.41, 5.74) is 0. The van der Waals surface area contributed by atoms with Crippen molar-refractivity contribution in [3.63, 3.8) is 0 Å². The molecule has 0 fully saturated rings. The van der Waals surface area contributed by atoms with Crippen molar-refractivity contribution in [1.29, 1.82) is 0 Å². The number of hydrogen-bond acceptors (Lipinski definition) is 2. The van der Waals surface area contributed by atoms with Gasteiger partial charge in [0.05, 0.1) is 0 Å². The molecule has 0 aromatic heterocycles. The number of carbonyl (C=O) groups is 1. The molecule has 3 heteroatoms. The van der Waals surface area contributed by atoms with E-state index in [9.17, 15) is 4.79 Å². The summed E-state index contributed by atoms with van der Waals surface area (Å²) in [6.07, 6.45) is 2.19. The molecule has 3 radical (unpaired) electrons. The molecule has 0 aromatic rings. The highest BCUT2D eigenvalue weighted by molar-refractivity contribution is 5.98. The maximum atomic E-state index is 9.86. The number of hydrogen-bond donors (Lipinski definition) is 1. The highest BCUT2D eigenvalue weighted by atomic mass is 16.2. The van der Waals surface area contributed by atoms with E-state index in [4.69, 9.17) is 0 Å². The molecule has 1 N–H and O–H groups in total. The van der Waals surface area contributed by atoms with Gasteiger partial charge in [0.15, 0.2) is 6.34 Å². The van der Waals surface area contributed by atoms with E-state index in [0.717, 1.165) is 0 Å². The Labute approximate surface area is 35.1 Å². The summed E-state index contributed by atoms with van der Waals surface area (Å²) < 4.78 is 0. The molecule has 6 heavy (non-hydrogen) atoms. The molecule has 0 spiro atoms. The van der Waals surface area contributed by atoms with E-state index in [0.29, 0.717) is 0 Å². The number of amides is 1. The first kappa shape index (κ1) is 3.33. The minimum absolute atomic E-state index is 0.324. The quantitative estimate of drug-likeness (QED) is 0.401. The lowest BCUT2D eigenvalue weighted by Crippen LogP contribution is -2.13. The highest BCUT2D eigenvalue weighted by Gasteiger charge is 2.03. The first-order chi connectivity index (χ1) is 2.89. The zero-order chi connectivity index (χ0) is 4.41. The molecule has 0 aliphatic carbocycles. The molecule has 3 nitrogen and oxygen atoms in total. The van der Waals surface area contributed by atoms with Crippen LogP contribution in [0.4, 0.5) is 0 Å². The molecule has 0 aromatic carbocycles. The third-order valence-electron chi connectivity index (χ3n) is 0.383. The summed E-state index contributed by atoms with van der Waals surface area (Å²) in [4.78, 5) is 13.1. The Kier molecular flexibility index (Phi) is 0.602. The van der Waals surface area contributed by atoms with Crippen molar-refractivity contribution in [2.45, 2.75) is 0 Å². The van der Waals surface area contributed by atoms with Crippen LogP contribution < -0.4 is 5.32 Å². The van der Waals surface area contributed by atoms with Gasteiger partial charge in [-0.2, -0.15) is 0 Å². The van der Waals surface area contributed by atoms with Crippen LogP contribution in [0.25, 0.3) is 0 Å². The molecule has 1 aliphatic rings. The molecule has 1 rings (SSSR count). The highest BCUT2D eigenvalue weighted by Crippen LogP contribution is 1.81. The number of aliphatic imine (C=N–C) groups is 1. The van der Waals surface area contributed by atoms with Crippen LogP contribution in [0.1, 0.15) is 0 Å². The Morgan fingerprint density at radius 3 is 2.83 bits per heavy atom. The van der Waals surface area contributed by atoms with Crippen molar-refractivity contribution in [2.75, 3.05) is 0 Å². The van der Waals surface area contributed by atoms with Crippen LogP contribution in [0.2, 0.25) is 0 Å². The Hall–Kier alpha value is -0.860.